The van der Waals surface area contributed by atoms with Gasteiger partial charge in [0.05, 0.1) is 0 Å². The van der Waals surface area contributed by atoms with Crippen LogP contribution in [0, 0.1) is 0 Å². The SMILES string of the molecule is c1c[nH]c(-c2nc3ccccc3o2)c1. The first-order valence-corrected chi connectivity index (χ1v) is 4.43. The molecule has 1 N–H and O–H groups in total. The summed E-state index contributed by atoms with van der Waals surface area (Å²) in [6.45, 7) is 0. The average Bonchev–Trinajstić information content (AvgIpc) is 2.86. The summed E-state index contributed by atoms with van der Waals surface area (Å²) in [5.74, 6) is 0.635. The van der Waals surface area contributed by atoms with E-state index in [0.29, 0.717) is 5.89 Å². The molecular weight excluding hydrogens is 176 g/mol. The number of hydrogen-bond donors (Lipinski definition) is 1. The fourth-order valence-electron chi connectivity index (χ4n) is 1.45. The lowest BCUT2D eigenvalue weighted by Gasteiger charge is -1.85. The second-order valence-corrected chi connectivity index (χ2v) is 3.07. The van der Waals surface area contributed by atoms with Crippen LogP contribution < -0.4 is 0 Å². The molecule has 0 unspecified atom stereocenters. The first-order valence-electron chi connectivity index (χ1n) is 4.43. The number of fused-ring (bicyclic) bond motifs is 1. The topological polar surface area (TPSA) is 41.8 Å². The van der Waals surface area contributed by atoms with E-state index >= 15 is 0 Å². The highest BCUT2D eigenvalue weighted by molar-refractivity contribution is 5.75. The van der Waals surface area contributed by atoms with E-state index in [4.69, 9.17) is 4.42 Å². The van der Waals surface area contributed by atoms with E-state index < -0.39 is 0 Å². The molecule has 0 spiro atoms. The molecule has 3 heteroatoms. The molecule has 0 aliphatic rings. The van der Waals surface area contributed by atoms with Crippen LogP contribution in [-0.4, -0.2) is 9.97 Å². The van der Waals surface area contributed by atoms with Crippen molar-refractivity contribution in [3.8, 4) is 11.6 Å². The Balaban J connectivity index is 2.24. The number of benzene rings is 1. The maximum absolute atomic E-state index is 5.57. The van der Waals surface area contributed by atoms with Gasteiger partial charge in [-0.25, -0.2) is 4.98 Å². The first kappa shape index (κ1) is 7.38. The van der Waals surface area contributed by atoms with Crippen molar-refractivity contribution in [2.24, 2.45) is 0 Å². The fourth-order valence-corrected chi connectivity index (χ4v) is 1.45. The molecule has 0 bridgehead atoms. The minimum Gasteiger partial charge on any atom is -0.435 e. The van der Waals surface area contributed by atoms with E-state index in [2.05, 4.69) is 9.97 Å². The van der Waals surface area contributed by atoms with Crippen molar-refractivity contribution < 1.29 is 4.42 Å². The maximum Gasteiger partial charge on any atom is 0.244 e. The lowest BCUT2D eigenvalue weighted by Crippen LogP contribution is -1.74. The Bertz CT molecular complexity index is 518. The number of para-hydroxylation sites is 2. The van der Waals surface area contributed by atoms with Gasteiger partial charge >= 0.3 is 0 Å². The summed E-state index contributed by atoms with van der Waals surface area (Å²) >= 11 is 0. The Morgan fingerprint density at radius 2 is 2.00 bits per heavy atom. The molecule has 0 saturated carbocycles. The third-order valence-electron chi connectivity index (χ3n) is 2.12. The number of nitrogens with zero attached hydrogens (tertiary/aromatic N) is 1. The zero-order chi connectivity index (χ0) is 9.38. The lowest BCUT2D eigenvalue weighted by molar-refractivity contribution is 0.617. The molecule has 0 radical (unpaired) electrons. The lowest BCUT2D eigenvalue weighted by atomic mass is 10.3. The third-order valence-corrected chi connectivity index (χ3v) is 2.12. The van der Waals surface area contributed by atoms with Crippen LogP contribution in [0.4, 0.5) is 0 Å². The van der Waals surface area contributed by atoms with Crippen molar-refractivity contribution in [2.75, 3.05) is 0 Å². The van der Waals surface area contributed by atoms with Gasteiger partial charge in [0.1, 0.15) is 11.2 Å². The van der Waals surface area contributed by atoms with Gasteiger partial charge in [-0.05, 0) is 24.3 Å². The molecule has 0 atom stereocenters. The van der Waals surface area contributed by atoms with Gasteiger partial charge in [-0.2, -0.15) is 0 Å². The molecule has 0 amide bonds. The second kappa shape index (κ2) is 2.73. The molecule has 0 aliphatic carbocycles. The minimum atomic E-state index is 0.635. The number of aromatic amines is 1. The van der Waals surface area contributed by atoms with E-state index in [-0.39, 0.29) is 0 Å². The first-order chi connectivity index (χ1) is 6.93. The number of nitrogens with one attached hydrogen (secondary N) is 1. The largest absolute Gasteiger partial charge is 0.435 e. The zero-order valence-corrected chi connectivity index (χ0v) is 7.40. The van der Waals surface area contributed by atoms with Gasteiger partial charge in [0.2, 0.25) is 5.89 Å². The van der Waals surface area contributed by atoms with Gasteiger partial charge < -0.3 is 9.40 Å². The monoisotopic (exact) mass is 184 g/mol. The zero-order valence-electron chi connectivity index (χ0n) is 7.40. The highest BCUT2D eigenvalue weighted by atomic mass is 16.3. The Labute approximate surface area is 80.4 Å². The van der Waals surface area contributed by atoms with E-state index in [1.165, 1.54) is 0 Å². The number of oxazole rings is 1. The summed E-state index contributed by atoms with van der Waals surface area (Å²) < 4.78 is 5.57. The molecule has 2 heterocycles. The van der Waals surface area contributed by atoms with Crippen LogP contribution in [-0.2, 0) is 0 Å². The molecule has 2 aromatic heterocycles. The smallest absolute Gasteiger partial charge is 0.244 e. The molecule has 3 aromatic rings. The Morgan fingerprint density at radius 3 is 2.79 bits per heavy atom. The number of rotatable bonds is 1. The van der Waals surface area contributed by atoms with Gasteiger partial charge in [0, 0.05) is 6.20 Å². The summed E-state index contributed by atoms with van der Waals surface area (Å²) in [6, 6.07) is 11.6. The van der Waals surface area contributed by atoms with Crippen molar-refractivity contribution in [3.63, 3.8) is 0 Å². The van der Waals surface area contributed by atoms with Crippen LogP contribution in [0.5, 0.6) is 0 Å². The van der Waals surface area contributed by atoms with Crippen molar-refractivity contribution in [1.29, 1.82) is 0 Å². The predicted molar refractivity (Wildman–Crippen MR) is 53.8 cm³/mol. The highest BCUT2D eigenvalue weighted by Gasteiger charge is 2.06. The van der Waals surface area contributed by atoms with Crippen molar-refractivity contribution >= 4 is 11.1 Å². The van der Waals surface area contributed by atoms with Crippen LogP contribution in [0.1, 0.15) is 0 Å². The van der Waals surface area contributed by atoms with E-state index in [9.17, 15) is 0 Å². The quantitative estimate of drug-likeness (QED) is 0.631. The van der Waals surface area contributed by atoms with Gasteiger partial charge in [-0.3, -0.25) is 0 Å². The summed E-state index contributed by atoms with van der Waals surface area (Å²) in [5.41, 5.74) is 2.61. The predicted octanol–water partition coefficient (Wildman–Crippen LogP) is 2.82. The maximum atomic E-state index is 5.57. The van der Waals surface area contributed by atoms with Gasteiger partial charge in [0.25, 0.3) is 0 Å². The van der Waals surface area contributed by atoms with Gasteiger partial charge in [-0.15, -0.1) is 0 Å². The standard InChI is InChI=1S/C11H8N2O/c1-2-6-10-8(4-1)13-11(14-10)9-5-3-7-12-9/h1-7,12H. The van der Waals surface area contributed by atoms with E-state index in [0.717, 1.165) is 16.8 Å². The normalized spacial score (nSPS) is 10.9. The Hall–Kier alpha value is -2.03. The fraction of sp³-hybridized carbons (Fsp3) is 0. The van der Waals surface area contributed by atoms with E-state index in [1.807, 2.05) is 42.6 Å². The molecular formula is C11H8N2O. The number of hydrogen-bond acceptors (Lipinski definition) is 2. The van der Waals surface area contributed by atoms with E-state index in [1.54, 1.807) is 0 Å². The van der Waals surface area contributed by atoms with Crippen LogP contribution in [0.3, 0.4) is 0 Å². The molecule has 14 heavy (non-hydrogen) atoms. The summed E-state index contributed by atoms with van der Waals surface area (Å²) in [7, 11) is 0. The summed E-state index contributed by atoms with van der Waals surface area (Å²) in [4.78, 5) is 7.42. The van der Waals surface area contributed by atoms with Crippen molar-refractivity contribution in [3.05, 3.63) is 42.6 Å². The Morgan fingerprint density at radius 1 is 1.07 bits per heavy atom. The molecule has 3 rings (SSSR count). The van der Waals surface area contributed by atoms with Crippen LogP contribution >= 0.6 is 0 Å². The average molecular weight is 184 g/mol. The van der Waals surface area contributed by atoms with Gasteiger partial charge in [0.15, 0.2) is 5.58 Å². The van der Waals surface area contributed by atoms with Gasteiger partial charge in [-0.1, -0.05) is 12.1 Å². The van der Waals surface area contributed by atoms with Crippen LogP contribution in [0.2, 0.25) is 0 Å². The molecule has 0 fully saturated rings. The summed E-state index contributed by atoms with van der Waals surface area (Å²) in [5, 5.41) is 0. The molecule has 68 valence electrons. The molecule has 3 nitrogen and oxygen atoms in total. The summed E-state index contributed by atoms with van der Waals surface area (Å²) in [6.07, 6.45) is 1.85. The van der Waals surface area contributed by atoms with Crippen LogP contribution in [0.25, 0.3) is 22.7 Å². The Kier molecular flexibility index (Phi) is 1.44. The highest BCUT2D eigenvalue weighted by Crippen LogP contribution is 2.22. The van der Waals surface area contributed by atoms with Crippen LogP contribution in [0.15, 0.2) is 47.0 Å². The molecule has 0 aliphatic heterocycles. The minimum absolute atomic E-state index is 0.635. The van der Waals surface area contributed by atoms with Crippen molar-refractivity contribution in [2.45, 2.75) is 0 Å². The molecule has 1 aromatic carbocycles. The third kappa shape index (κ3) is 1.03. The molecule has 0 saturated heterocycles. The second-order valence-electron chi connectivity index (χ2n) is 3.07. The number of H-pyrrole nitrogens is 1. The van der Waals surface area contributed by atoms with Crippen molar-refractivity contribution in [1.82, 2.24) is 9.97 Å². The number of aromatic nitrogens is 2.